The minimum absolute atomic E-state index is 0.0105. The van der Waals surface area contributed by atoms with Crippen LogP contribution in [0.1, 0.15) is 44.4 Å². The molecule has 2 heterocycles. The normalized spacial score (nSPS) is 15.1. The highest BCUT2D eigenvalue weighted by Crippen LogP contribution is 2.41. The van der Waals surface area contributed by atoms with Crippen LogP contribution < -0.4 is 10.2 Å². The number of phenols is 1. The van der Waals surface area contributed by atoms with Gasteiger partial charge >= 0.3 is 0 Å². The highest BCUT2D eigenvalue weighted by Gasteiger charge is 2.43. The molecule has 0 saturated carbocycles. The van der Waals surface area contributed by atoms with Crippen LogP contribution in [0, 0.1) is 19.7 Å². The van der Waals surface area contributed by atoms with Crippen LogP contribution in [-0.4, -0.2) is 23.0 Å². The van der Waals surface area contributed by atoms with Crippen molar-refractivity contribution in [3.8, 4) is 11.5 Å². The number of nitrogens with zero attached hydrogens (tertiary/aromatic N) is 1. The van der Waals surface area contributed by atoms with Crippen molar-refractivity contribution in [1.82, 2.24) is 4.90 Å². The average Bonchev–Trinajstić information content (AvgIpc) is 3.08. The maximum atomic E-state index is 13.7. The van der Waals surface area contributed by atoms with Gasteiger partial charge in [-0.3, -0.25) is 9.59 Å². The molecule has 1 aliphatic heterocycles. The number of hydrogen-bond acceptors (Lipinski definition) is 5. The van der Waals surface area contributed by atoms with Gasteiger partial charge in [0, 0.05) is 6.54 Å². The van der Waals surface area contributed by atoms with E-state index in [2.05, 4.69) is 0 Å². The largest absolute Gasteiger partial charge is 0.504 e. The Morgan fingerprint density at radius 2 is 1.79 bits per heavy atom. The maximum absolute atomic E-state index is 13.7. The lowest BCUT2D eigenvalue weighted by atomic mass is 9.97. The van der Waals surface area contributed by atoms with E-state index in [1.54, 1.807) is 30.3 Å². The molecular weight excluding hydrogens is 437 g/mol. The number of methoxy groups -OCH3 is 1. The Morgan fingerprint density at radius 3 is 2.50 bits per heavy atom. The minimum atomic E-state index is -0.775. The number of benzene rings is 3. The highest BCUT2D eigenvalue weighted by atomic mass is 19.1. The van der Waals surface area contributed by atoms with Crippen molar-refractivity contribution >= 4 is 16.9 Å². The molecule has 0 bridgehead atoms. The van der Waals surface area contributed by atoms with Crippen molar-refractivity contribution in [1.29, 1.82) is 0 Å². The van der Waals surface area contributed by atoms with Crippen molar-refractivity contribution in [2.45, 2.75) is 26.4 Å². The summed E-state index contributed by atoms with van der Waals surface area (Å²) in [5, 5.41) is 10.5. The van der Waals surface area contributed by atoms with E-state index in [0.717, 1.165) is 11.1 Å². The molecule has 5 rings (SSSR count). The van der Waals surface area contributed by atoms with Crippen LogP contribution in [0.15, 0.2) is 63.8 Å². The van der Waals surface area contributed by atoms with E-state index in [9.17, 15) is 19.1 Å². The van der Waals surface area contributed by atoms with Crippen LogP contribution in [0.5, 0.6) is 11.5 Å². The van der Waals surface area contributed by atoms with Gasteiger partial charge in [0.1, 0.15) is 11.4 Å². The lowest BCUT2D eigenvalue weighted by Crippen LogP contribution is -2.29. The summed E-state index contributed by atoms with van der Waals surface area (Å²) in [6, 6.07) is 13.4. The summed E-state index contributed by atoms with van der Waals surface area (Å²) >= 11 is 0. The van der Waals surface area contributed by atoms with Gasteiger partial charge in [-0.1, -0.05) is 24.3 Å². The zero-order valence-corrected chi connectivity index (χ0v) is 18.9. The van der Waals surface area contributed by atoms with E-state index in [0.29, 0.717) is 22.1 Å². The molecule has 1 atom stereocenters. The molecule has 0 radical (unpaired) electrons. The number of carbonyl (C=O) groups is 1. The molecule has 4 aromatic rings. The summed E-state index contributed by atoms with van der Waals surface area (Å²) in [5.41, 5.74) is 3.29. The molecule has 6 nitrogen and oxygen atoms in total. The van der Waals surface area contributed by atoms with Crippen LogP contribution in [-0.2, 0) is 6.54 Å². The molecule has 1 aromatic heterocycles. The van der Waals surface area contributed by atoms with Crippen molar-refractivity contribution < 1.29 is 23.4 Å². The van der Waals surface area contributed by atoms with Gasteiger partial charge in [0.05, 0.1) is 24.1 Å². The highest BCUT2D eigenvalue weighted by molar-refractivity contribution is 5.99. The standard InChI is InChI=1S/C27H22FNO5/c1-14-10-15(2)25-19(11-14)24(31)22-23(17-6-9-20(30)21(12-17)33-3)29(27(32)26(22)34-25)13-16-4-7-18(28)8-5-16/h4-12,23,30H,13H2,1-3H3. The summed E-state index contributed by atoms with van der Waals surface area (Å²) in [5.74, 6) is -0.665. The van der Waals surface area contributed by atoms with Gasteiger partial charge in [-0.2, -0.15) is 0 Å². The quantitative estimate of drug-likeness (QED) is 0.464. The SMILES string of the molecule is COc1cc(C2c3c(oc4c(C)cc(C)cc4c3=O)C(=O)N2Cc2ccc(F)cc2)ccc1O. The number of halogens is 1. The van der Waals surface area contributed by atoms with Crippen molar-refractivity contribution in [3.05, 3.63) is 104 Å². The summed E-state index contributed by atoms with van der Waals surface area (Å²) in [4.78, 5) is 28.9. The zero-order chi connectivity index (χ0) is 24.1. The number of aryl methyl sites for hydroxylation is 2. The molecule has 172 valence electrons. The summed E-state index contributed by atoms with van der Waals surface area (Å²) in [6.07, 6.45) is 0. The fourth-order valence-corrected chi connectivity index (χ4v) is 4.63. The summed E-state index contributed by atoms with van der Waals surface area (Å²) < 4.78 is 24.8. The van der Waals surface area contributed by atoms with E-state index in [-0.39, 0.29) is 40.6 Å². The molecule has 1 unspecified atom stereocenters. The van der Waals surface area contributed by atoms with Crippen LogP contribution >= 0.6 is 0 Å². The molecule has 0 aliphatic carbocycles. The third-order valence-corrected chi connectivity index (χ3v) is 6.18. The summed E-state index contributed by atoms with van der Waals surface area (Å²) in [6.45, 7) is 3.86. The number of ether oxygens (including phenoxy) is 1. The van der Waals surface area contributed by atoms with Crippen molar-refractivity contribution in [3.63, 3.8) is 0 Å². The van der Waals surface area contributed by atoms with Gasteiger partial charge in [0.2, 0.25) is 5.76 Å². The first-order valence-electron chi connectivity index (χ1n) is 10.8. The van der Waals surface area contributed by atoms with Gasteiger partial charge in [0.25, 0.3) is 5.91 Å². The van der Waals surface area contributed by atoms with E-state index >= 15 is 0 Å². The third kappa shape index (κ3) is 3.41. The number of amides is 1. The van der Waals surface area contributed by atoms with Gasteiger partial charge < -0.3 is 19.2 Å². The predicted molar refractivity (Wildman–Crippen MR) is 125 cm³/mol. The van der Waals surface area contributed by atoms with E-state index in [1.165, 1.54) is 30.2 Å². The van der Waals surface area contributed by atoms with Crippen LogP contribution in [0.2, 0.25) is 0 Å². The predicted octanol–water partition coefficient (Wildman–Crippen LogP) is 5.01. The van der Waals surface area contributed by atoms with Gasteiger partial charge in [-0.15, -0.1) is 0 Å². The van der Waals surface area contributed by atoms with E-state index in [4.69, 9.17) is 9.15 Å². The molecule has 0 fully saturated rings. The number of aromatic hydroxyl groups is 1. The van der Waals surface area contributed by atoms with Gasteiger partial charge in [-0.05, 0) is 66.4 Å². The Hall–Kier alpha value is -4.13. The number of rotatable bonds is 4. The van der Waals surface area contributed by atoms with Gasteiger partial charge in [-0.25, -0.2) is 4.39 Å². The van der Waals surface area contributed by atoms with Gasteiger partial charge in [0.15, 0.2) is 16.9 Å². The number of fused-ring (bicyclic) bond motifs is 2. The fraction of sp³-hybridized carbons (Fsp3) is 0.185. The van der Waals surface area contributed by atoms with E-state index in [1.807, 2.05) is 19.9 Å². The van der Waals surface area contributed by atoms with Crippen LogP contribution in [0.4, 0.5) is 4.39 Å². The van der Waals surface area contributed by atoms with E-state index < -0.39 is 11.9 Å². The molecule has 3 aromatic carbocycles. The smallest absolute Gasteiger partial charge is 0.291 e. The third-order valence-electron chi connectivity index (χ3n) is 6.18. The fourth-order valence-electron chi connectivity index (χ4n) is 4.63. The zero-order valence-electron chi connectivity index (χ0n) is 18.9. The Bertz CT molecular complexity index is 1510. The Morgan fingerprint density at radius 1 is 1.06 bits per heavy atom. The van der Waals surface area contributed by atoms with Crippen LogP contribution in [0.3, 0.4) is 0 Å². The number of carbonyl (C=O) groups excluding carboxylic acids is 1. The monoisotopic (exact) mass is 459 g/mol. The average molecular weight is 459 g/mol. The molecule has 1 N–H and O–H groups in total. The second-order valence-corrected chi connectivity index (χ2v) is 8.53. The maximum Gasteiger partial charge on any atom is 0.291 e. The second-order valence-electron chi connectivity index (χ2n) is 8.53. The summed E-state index contributed by atoms with van der Waals surface area (Å²) in [7, 11) is 1.43. The molecule has 0 spiro atoms. The first kappa shape index (κ1) is 21.7. The molecule has 34 heavy (non-hydrogen) atoms. The lowest BCUT2D eigenvalue weighted by molar-refractivity contribution is 0.0714. The van der Waals surface area contributed by atoms with Crippen molar-refractivity contribution in [2.24, 2.45) is 0 Å². The Kier molecular flexibility index (Phi) is 5.12. The Balaban J connectivity index is 1.76. The lowest BCUT2D eigenvalue weighted by Gasteiger charge is -2.25. The molecule has 1 amide bonds. The molecule has 1 aliphatic rings. The Labute approximate surface area is 194 Å². The number of hydrogen-bond donors (Lipinski definition) is 1. The molecule has 0 saturated heterocycles. The topological polar surface area (TPSA) is 80.0 Å². The second kappa shape index (κ2) is 8.02. The molecule has 7 heteroatoms. The number of phenolic OH excluding ortho intramolecular Hbond substituents is 1. The van der Waals surface area contributed by atoms with Crippen LogP contribution in [0.25, 0.3) is 11.0 Å². The minimum Gasteiger partial charge on any atom is -0.504 e. The first-order valence-corrected chi connectivity index (χ1v) is 10.8. The molecular formula is C27H22FNO5. The van der Waals surface area contributed by atoms with Crippen molar-refractivity contribution in [2.75, 3.05) is 7.11 Å². The first-order chi connectivity index (χ1) is 16.3.